The van der Waals surface area contributed by atoms with Crippen molar-refractivity contribution in [3.8, 4) is 0 Å². The van der Waals surface area contributed by atoms with Gasteiger partial charge in [-0.3, -0.25) is 4.79 Å². The summed E-state index contributed by atoms with van der Waals surface area (Å²) in [5.74, 6) is 1.07. The second-order valence-electron chi connectivity index (χ2n) is 5.75. The van der Waals surface area contributed by atoms with Gasteiger partial charge in [-0.1, -0.05) is 46.0 Å². The quantitative estimate of drug-likeness (QED) is 0.654. The molecule has 1 fully saturated rings. The molecule has 2 unspecified atom stereocenters. The number of carbonyl (C=O) groups excluding carboxylic acids is 1. The molecule has 1 rings (SSSR count). The van der Waals surface area contributed by atoms with E-state index in [9.17, 15) is 4.79 Å². The van der Waals surface area contributed by atoms with Crippen LogP contribution in [-0.2, 0) is 4.79 Å². The van der Waals surface area contributed by atoms with Gasteiger partial charge in [0.2, 0.25) is 5.91 Å². The summed E-state index contributed by atoms with van der Waals surface area (Å²) in [6.07, 6.45) is 8.71. The van der Waals surface area contributed by atoms with Crippen LogP contribution in [0.25, 0.3) is 0 Å². The van der Waals surface area contributed by atoms with Crippen LogP contribution in [0.4, 0.5) is 0 Å². The number of carbonyl (C=O) groups is 1. The average molecular weight is 254 g/mol. The Kier molecular flexibility index (Phi) is 8.06. The molecule has 0 aromatic rings. The molecule has 2 atom stereocenters. The predicted molar refractivity (Wildman–Crippen MR) is 76.5 cm³/mol. The zero-order chi connectivity index (χ0) is 13.2. The smallest absolute Gasteiger partial charge is 0.224 e. The summed E-state index contributed by atoms with van der Waals surface area (Å²) in [7, 11) is 0. The molecule has 0 aromatic carbocycles. The molecule has 1 heterocycles. The van der Waals surface area contributed by atoms with E-state index in [1.165, 1.54) is 32.1 Å². The van der Waals surface area contributed by atoms with Gasteiger partial charge in [0.15, 0.2) is 0 Å². The maximum atomic E-state index is 11.9. The van der Waals surface area contributed by atoms with Gasteiger partial charge < -0.3 is 10.6 Å². The SMILES string of the molecule is CCCCCCCCNC(=O)C1CNCC(C)C1. The molecule has 0 radical (unpaired) electrons. The van der Waals surface area contributed by atoms with Crippen LogP contribution in [0.5, 0.6) is 0 Å². The highest BCUT2D eigenvalue weighted by Gasteiger charge is 2.24. The third-order valence-corrected chi connectivity index (χ3v) is 3.77. The van der Waals surface area contributed by atoms with Gasteiger partial charge in [0, 0.05) is 13.1 Å². The zero-order valence-electron chi connectivity index (χ0n) is 12.1. The van der Waals surface area contributed by atoms with Crippen molar-refractivity contribution >= 4 is 5.91 Å². The summed E-state index contributed by atoms with van der Waals surface area (Å²) < 4.78 is 0. The standard InChI is InChI=1S/C15H30N2O/c1-3-4-5-6-7-8-9-17-15(18)14-10-13(2)11-16-12-14/h13-14,16H,3-12H2,1-2H3,(H,17,18). The van der Waals surface area contributed by atoms with E-state index in [1.54, 1.807) is 0 Å². The predicted octanol–water partition coefficient (Wildman–Crippen LogP) is 2.71. The van der Waals surface area contributed by atoms with Crippen molar-refractivity contribution in [3.63, 3.8) is 0 Å². The fraction of sp³-hybridized carbons (Fsp3) is 0.933. The largest absolute Gasteiger partial charge is 0.356 e. The molecule has 0 bridgehead atoms. The maximum absolute atomic E-state index is 11.9. The topological polar surface area (TPSA) is 41.1 Å². The minimum atomic E-state index is 0.189. The van der Waals surface area contributed by atoms with Crippen molar-refractivity contribution < 1.29 is 4.79 Å². The molecule has 106 valence electrons. The highest BCUT2D eigenvalue weighted by Crippen LogP contribution is 2.15. The van der Waals surface area contributed by atoms with Crippen molar-refractivity contribution in [1.29, 1.82) is 0 Å². The monoisotopic (exact) mass is 254 g/mol. The molecule has 2 N–H and O–H groups in total. The highest BCUT2D eigenvalue weighted by atomic mass is 16.1. The minimum absolute atomic E-state index is 0.189. The van der Waals surface area contributed by atoms with Crippen molar-refractivity contribution in [3.05, 3.63) is 0 Å². The third kappa shape index (κ3) is 6.39. The summed E-state index contributed by atoms with van der Waals surface area (Å²) in [6.45, 7) is 7.21. The number of unbranched alkanes of at least 4 members (excludes halogenated alkanes) is 5. The first-order chi connectivity index (χ1) is 8.74. The van der Waals surface area contributed by atoms with Crippen LogP contribution in [0.2, 0.25) is 0 Å². The minimum Gasteiger partial charge on any atom is -0.356 e. The molecule has 1 aliphatic heterocycles. The molecule has 0 spiro atoms. The van der Waals surface area contributed by atoms with E-state index < -0.39 is 0 Å². The first kappa shape index (κ1) is 15.5. The molecule has 3 nitrogen and oxygen atoms in total. The Bertz CT molecular complexity index is 231. The summed E-state index contributed by atoms with van der Waals surface area (Å²) in [6, 6.07) is 0. The summed E-state index contributed by atoms with van der Waals surface area (Å²) in [5, 5.41) is 6.41. The van der Waals surface area contributed by atoms with Crippen molar-refractivity contribution in [2.45, 2.75) is 58.8 Å². The van der Waals surface area contributed by atoms with Gasteiger partial charge in [-0.15, -0.1) is 0 Å². The first-order valence-electron chi connectivity index (χ1n) is 7.72. The van der Waals surface area contributed by atoms with Gasteiger partial charge in [-0.2, -0.15) is 0 Å². The van der Waals surface area contributed by atoms with Crippen molar-refractivity contribution in [2.24, 2.45) is 11.8 Å². The second kappa shape index (κ2) is 9.37. The Morgan fingerprint density at radius 2 is 1.89 bits per heavy atom. The lowest BCUT2D eigenvalue weighted by Crippen LogP contribution is -2.43. The first-order valence-corrected chi connectivity index (χ1v) is 7.72. The van der Waals surface area contributed by atoms with Crippen molar-refractivity contribution in [2.75, 3.05) is 19.6 Å². The average Bonchev–Trinajstić information content (AvgIpc) is 2.37. The van der Waals surface area contributed by atoms with Gasteiger partial charge in [0.1, 0.15) is 0 Å². The van der Waals surface area contributed by atoms with Crippen LogP contribution in [0, 0.1) is 11.8 Å². The number of rotatable bonds is 8. The van der Waals surface area contributed by atoms with E-state index >= 15 is 0 Å². The molecule has 1 saturated heterocycles. The van der Waals surface area contributed by atoms with E-state index in [0.717, 1.165) is 32.5 Å². The molecular weight excluding hydrogens is 224 g/mol. The fourth-order valence-corrected chi connectivity index (χ4v) is 2.62. The second-order valence-corrected chi connectivity index (χ2v) is 5.75. The normalized spacial score (nSPS) is 23.9. The van der Waals surface area contributed by atoms with E-state index in [1.807, 2.05) is 0 Å². The fourth-order valence-electron chi connectivity index (χ4n) is 2.62. The number of hydrogen-bond donors (Lipinski definition) is 2. The third-order valence-electron chi connectivity index (χ3n) is 3.77. The Morgan fingerprint density at radius 3 is 2.61 bits per heavy atom. The summed E-state index contributed by atoms with van der Waals surface area (Å²) in [5.41, 5.74) is 0. The van der Waals surface area contributed by atoms with Crippen LogP contribution in [0.15, 0.2) is 0 Å². The maximum Gasteiger partial charge on any atom is 0.224 e. The number of amides is 1. The Morgan fingerprint density at radius 1 is 1.17 bits per heavy atom. The molecule has 0 aromatic heterocycles. The molecule has 1 amide bonds. The Labute approximate surface area is 112 Å². The van der Waals surface area contributed by atoms with Crippen LogP contribution in [0.1, 0.15) is 58.8 Å². The highest BCUT2D eigenvalue weighted by molar-refractivity contribution is 5.78. The molecule has 3 heteroatoms. The van der Waals surface area contributed by atoms with Crippen LogP contribution >= 0.6 is 0 Å². The molecule has 0 aliphatic carbocycles. The molecule has 0 saturated carbocycles. The van der Waals surface area contributed by atoms with Gasteiger partial charge in [0.25, 0.3) is 0 Å². The molecule has 1 aliphatic rings. The van der Waals surface area contributed by atoms with Gasteiger partial charge in [-0.25, -0.2) is 0 Å². The Balaban J connectivity index is 1.99. The van der Waals surface area contributed by atoms with Gasteiger partial charge >= 0.3 is 0 Å². The van der Waals surface area contributed by atoms with Crippen molar-refractivity contribution in [1.82, 2.24) is 10.6 Å². The number of piperidine rings is 1. The molecule has 18 heavy (non-hydrogen) atoms. The van der Waals surface area contributed by atoms with E-state index in [4.69, 9.17) is 0 Å². The van der Waals surface area contributed by atoms with Crippen LogP contribution in [-0.4, -0.2) is 25.5 Å². The lowest BCUT2D eigenvalue weighted by Gasteiger charge is -2.26. The number of hydrogen-bond acceptors (Lipinski definition) is 2. The lowest BCUT2D eigenvalue weighted by molar-refractivity contribution is -0.125. The van der Waals surface area contributed by atoms with Gasteiger partial charge in [0.05, 0.1) is 5.92 Å². The van der Waals surface area contributed by atoms with E-state index in [0.29, 0.717) is 5.92 Å². The van der Waals surface area contributed by atoms with Crippen LogP contribution < -0.4 is 10.6 Å². The summed E-state index contributed by atoms with van der Waals surface area (Å²) >= 11 is 0. The molecular formula is C15H30N2O. The van der Waals surface area contributed by atoms with Crippen LogP contribution in [0.3, 0.4) is 0 Å². The van der Waals surface area contributed by atoms with Gasteiger partial charge in [-0.05, 0) is 25.3 Å². The summed E-state index contributed by atoms with van der Waals surface area (Å²) in [4.78, 5) is 11.9. The lowest BCUT2D eigenvalue weighted by atomic mass is 9.91. The van der Waals surface area contributed by atoms with E-state index in [2.05, 4.69) is 24.5 Å². The zero-order valence-corrected chi connectivity index (χ0v) is 12.1. The Hall–Kier alpha value is -0.570. The van der Waals surface area contributed by atoms with E-state index in [-0.39, 0.29) is 11.8 Å². The number of nitrogens with one attached hydrogen (secondary N) is 2.